The lowest BCUT2D eigenvalue weighted by atomic mass is 10.1. The molecule has 3 aromatic rings. The fourth-order valence-corrected chi connectivity index (χ4v) is 3.10. The molecule has 0 atom stereocenters. The van der Waals surface area contributed by atoms with Gasteiger partial charge in [-0.25, -0.2) is 15.0 Å². The fourth-order valence-electron chi connectivity index (χ4n) is 2.52. The molecule has 31 heavy (non-hydrogen) atoms. The number of alkyl halides is 3. The second-order valence-corrected chi connectivity index (χ2v) is 7.65. The van der Waals surface area contributed by atoms with E-state index in [-0.39, 0.29) is 11.1 Å². The van der Waals surface area contributed by atoms with Crippen LogP contribution in [0.3, 0.4) is 0 Å². The molecule has 0 aliphatic carbocycles. The van der Waals surface area contributed by atoms with Crippen LogP contribution in [0, 0.1) is 20.8 Å². The van der Waals surface area contributed by atoms with E-state index in [1.54, 1.807) is 17.6 Å². The van der Waals surface area contributed by atoms with Crippen LogP contribution in [0.25, 0.3) is 0 Å². The van der Waals surface area contributed by atoms with Crippen molar-refractivity contribution >= 4 is 23.3 Å². The summed E-state index contributed by atoms with van der Waals surface area (Å²) in [6.45, 7) is 5.95. The minimum absolute atomic E-state index is 0.0211. The van der Waals surface area contributed by atoms with E-state index in [9.17, 15) is 13.2 Å². The SMILES string of the molecule is Cc1cccc(OC(C=CSc2nccc(C(F)(F)F)n2)=Nc2ccc(C)c(C)c2)c1. The summed E-state index contributed by atoms with van der Waals surface area (Å²) in [6.07, 6.45) is -1.86. The quantitative estimate of drug-likeness (QED) is 0.188. The van der Waals surface area contributed by atoms with Gasteiger partial charge < -0.3 is 4.74 Å². The minimum atomic E-state index is -4.52. The van der Waals surface area contributed by atoms with Gasteiger partial charge in [-0.05, 0) is 73.2 Å². The summed E-state index contributed by atoms with van der Waals surface area (Å²) in [5, 5.41) is 1.53. The van der Waals surface area contributed by atoms with Crippen LogP contribution < -0.4 is 4.74 Å². The molecule has 3 rings (SSSR count). The Morgan fingerprint density at radius 1 is 1.03 bits per heavy atom. The van der Waals surface area contributed by atoms with Gasteiger partial charge in [-0.3, -0.25) is 0 Å². The van der Waals surface area contributed by atoms with Gasteiger partial charge in [0.25, 0.3) is 0 Å². The number of ether oxygens (including phenoxy) is 1. The van der Waals surface area contributed by atoms with E-state index in [2.05, 4.69) is 15.0 Å². The van der Waals surface area contributed by atoms with Gasteiger partial charge in [0.2, 0.25) is 5.90 Å². The van der Waals surface area contributed by atoms with Crippen LogP contribution in [0.2, 0.25) is 0 Å². The van der Waals surface area contributed by atoms with Crippen LogP contribution in [-0.2, 0) is 6.18 Å². The van der Waals surface area contributed by atoms with E-state index in [4.69, 9.17) is 4.74 Å². The maximum Gasteiger partial charge on any atom is 0.433 e. The van der Waals surface area contributed by atoms with Crippen molar-refractivity contribution in [2.24, 2.45) is 4.99 Å². The van der Waals surface area contributed by atoms with Crippen molar-refractivity contribution in [2.45, 2.75) is 32.1 Å². The second kappa shape index (κ2) is 9.78. The summed E-state index contributed by atoms with van der Waals surface area (Å²) < 4.78 is 44.4. The van der Waals surface area contributed by atoms with Crippen LogP contribution in [0.1, 0.15) is 22.4 Å². The Balaban J connectivity index is 1.85. The predicted molar refractivity (Wildman–Crippen MR) is 117 cm³/mol. The zero-order chi connectivity index (χ0) is 22.4. The van der Waals surface area contributed by atoms with Gasteiger partial charge in [0.15, 0.2) is 5.16 Å². The van der Waals surface area contributed by atoms with Gasteiger partial charge in [0.05, 0.1) is 5.69 Å². The molecule has 0 saturated carbocycles. The first-order chi connectivity index (χ1) is 14.7. The Morgan fingerprint density at radius 2 is 1.84 bits per heavy atom. The Hall–Kier alpha value is -3.13. The Kier molecular flexibility index (Phi) is 7.12. The van der Waals surface area contributed by atoms with Gasteiger partial charge in [0, 0.05) is 12.3 Å². The molecule has 0 aliphatic rings. The molecule has 1 aromatic heterocycles. The molecule has 0 unspecified atom stereocenters. The van der Waals surface area contributed by atoms with Crippen LogP contribution in [0.5, 0.6) is 5.75 Å². The number of halogens is 3. The van der Waals surface area contributed by atoms with Crippen molar-refractivity contribution in [1.82, 2.24) is 9.97 Å². The smallest absolute Gasteiger partial charge is 0.433 e. The average molecular weight is 443 g/mol. The lowest BCUT2D eigenvalue weighted by Gasteiger charge is -2.08. The number of nitrogens with zero attached hydrogens (tertiary/aromatic N) is 3. The highest BCUT2D eigenvalue weighted by molar-refractivity contribution is 8.02. The van der Waals surface area contributed by atoms with Gasteiger partial charge in [0.1, 0.15) is 11.4 Å². The van der Waals surface area contributed by atoms with Crippen LogP contribution >= 0.6 is 11.8 Å². The normalized spacial score (nSPS) is 12.4. The van der Waals surface area contributed by atoms with Crippen molar-refractivity contribution in [3.8, 4) is 5.75 Å². The van der Waals surface area contributed by atoms with Crippen molar-refractivity contribution in [3.05, 3.63) is 88.6 Å². The van der Waals surface area contributed by atoms with E-state index in [0.29, 0.717) is 11.4 Å². The molecular formula is C23H20F3N3OS. The molecule has 4 nitrogen and oxygen atoms in total. The number of aromatic nitrogens is 2. The Bertz CT molecular complexity index is 1130. The standard InChI is InChI=1S/C23H20F3N3OS/c1-15-5-4-6-19(13-15)30-21(28-18-8-7-16(2)17(3)14-18)10-12-31-22-27-11-9-20(29-22)23(24,25)26/h4-14H,1-3H3. The number of rotatable bonds is 5. The van der Waals surface area contributed by atoms with Gasteiger partial charge in [-0.15, -0.1) is 0 Å². The summed E-state index contributed by atoms with van der Waals surface area (Å²) >= 11 is 0.945. The molecule has 0 spiro atoms. The van der Waals surface area contributed by atoms with Crippen molar-refractivity contribution in [2.75, 3.05) is 0 Å². The topological polar surface area (TPSA) is 47.4 Å². The molecule has 0 fully saturated rings. The lowest BCUT2D eigenvalue weighted by molar-refractivity contribution is -0.141. The van der Waals surface area contributed by atoms with Crippen molar-refractivity contribution < 1.29 is 17.9 Å². The summed E-state index contributed by atoms with van der Waals surface area (Å²) in [6, 6.07) is 14.1. The summed E-state index contributed by atoms with van der Waals surface area (Å²) in [7, 11) is 0. The first kappa shape index (κ1) is 22.6. The third-order valence-corrected chi connectivity index (χ3v) is 4.93. The number of benzene rings is 2. The lowest BCUT2D eigenvalue weighted by Crippen LogP contribution is -2.08. The first-order valence-electron chi connectivity index (χ1n) is 9.34. The minimum Gasteiger partial charge on any atom is -0.439 e. The molecule has 1 heterocycles. The summed E-state index contributed by atoms with van der Waals surface area (Å²) in [5.74, 6) is 0.890. The first-order valence-corrected chi connectivity index (χ1v) is 10.2. The molecule has 0 bridgehead atoms. The third kappa shape index (κ3) is 6.68. The van der Waals surface area contributed by atoms with E-state index in [0.717, 1.165) is 40.7 Å². The monoisotopic (exact) mass is 443 g/mol. The molecule has 2 aromatic carbocycles. The second-order valence-electron chi connectivity index (χ2n) is 6.78. The number of aryl methyl sites for hydroxylation is 3. The van der Waals surface area contributed by atoms with Crippen LogP contribution in [-0.4, -0.2) is 15.9 Å². The maximum atomic E-state index is 12.8. The summed E-state index contributed by atoms with van der Waals surface area (Å²) in [5.41, 5.74) is 2.98. The van der Waals surface area contributed by atoms with E-state index < -0.39 is 11.9 Å². The predicted octanol–water partition coefficient (Wildman–Crippen LogP) is 6.84. The zero-order valence-electron chi connectivity index (χ0n) is 17.1. The molecule has 8 heteroatoms. The molecule has 0 aliphatic heterocycles. The highest BCUT2D eigenvalue weighted by Gasteiger charge is 2.32. The molecular weight excluding hydrogens is 423 g/mol. The highest BCUT2D eigenvalue weighted by atomic mass is 32.2. The number of aliphatic imine (C=N–C) groups is 1. The van der Waals surface area contributed by atoms with E-state index >= 15 is 0 Å². The molecule has 160 valence electrons. The largest absolute Gasteiger partial charge is 0.439 e. The van der Waals surface area contributed by atoms with E-state index in [1.165, 1.54) is 0 Å². The van der Waals surface area contributed by atoms with Crippen molar-refractivity contribution in [3.63, 3.8) is 0 Å². The Morgan fingerprint density at radius 3 is 2.55 bits per heavy atom. The molecule has 0 radical (unpaired) electrons. The van der Waals surface area contributed by atoms with Crippen LogP contribution in [0.15, 0.2) is 76.4 Å². The summed E-state index contributed by atoms with van der Waals surface area (Å²) in [4.78, 5) is 12.0. The maximum absolute atomic E-state index is 12.8. The van der Waals surface area contributed by atoms with Gasteiger partial charge >= 0.3 is 6.18 Å². The highest BCUT2D eigenvalue weighted by Crippen LogP contribution is 2.28. The Labute approximate surface area is 182 Å². The molecule has 0 saturated heterocycles. The van der Waals surface area contributed by atoms with Crippen LogP contribution in [0.4, 0.5) is 18.9 Å². The van der Waals surface area contributed by atoms with E-state index in [1.807, 2.05) is 57.2 Å². The molecule has 0 N–H and O–H groups in total. The zero-order valence-corrected chi connectivity index (χ0v) is 18.0. The average Bonchev–Trinajstić information content (AvgIpc) is 2.70. The number of hydrogen-bond acceptors (Lipinski definition) is 5. The van der Waals surface area contributed by atoms with Crippen molar-refractivity contribution in [1.29, 1.82) is 0 Å². The third-order valence-electron chi connectivity index (χ3n) is 4.25. The van der Waals surface area contributed by atoms with Gasteiger partial charge in [-0.2, -0.15) is 13.2 Å². The number of thioether (sulfide) groups is 1. The van der Waals surface area contributed by atoms with Gasteiger partial charge in [-0.1, -0.05) is 30.0 Å². The number of hydrogen-bond donors (Lipinski definition) is 0. The fraction of sp³-hybridized carbons (Fsp3) is 0.174. The molecule has 0 amide bonds.